The summed E-state index contributed by atoms with van der Waals surface area (Å²) < 4.78 is 84.4. The molecule has 0 aliphatic carbocycles. The number of para-hydroxylation sites is 1. The zero-order valence-electron chi connectivity index (χ0n) is 24.7. The summed E-state index contributed by atoms with van der Waals surface area (Å²) in [5.74, 6) is -0.359. The van der Waals surface area contributed by atoms with Gasteiger partial charge in [0.25, 0.3) is 10.9 Å². The molecule has 0 saturated carbocycles. The average molecular weight is 686 g/mol. The van der Waals surface area contributed by atoms with Gasteiger partial charge in [-0.05, 0) is 54.0 Å². The molecule has 2 N–H and O–H groups in total. The maximum Gasteiger partial charge on any atom is 0.326 e. The number of allylic oxidation sites excluding steroid dienone is 2. The van der Waals surface area contributed by atoms with Crippen molar-refractivity contribution in [2.24, 2.45) is 0 Å². The first-order valence-electron chi connectivity index (χ1n) is 14.2. The van der Waals surface area contributed by atoms with Crippen LogP contribution in [0.1, 0.15) is 18.4 Å². The first-order chi connectivity index (χ1) is 22.4. The van der Waals surface area contributed by atoms with Crippen LogP contribution in [0.2, 0.25) is 0 Å². The highest BCUT2D eigenvalue weighted by Crippen LogP contribution is 2.46. The number of furan rings is 1. The van der Waals surface area contributed by atoms with Crippen LogP contribution in [0.3, 0.4) is 0 Å². The maximum absolute atomic E-state index is 12.6. The van der Waals surface area contributed by atoms with Crippen LogP contribution >= 0.6 is 11.3 Å². The standard InChI is InChI=1S/C34H24N2O8S3/c1-3-9-33(47(40,41)42)36-26-19-28-25(24-12-7-8-13-27(24)43-28)18-29(26)44-31(36)16-21(4-2)17-32-35(20-46(37,38)39)34-23-11-6-5-10-22(23)14-15-30(34)45-32/h5-8,10-19H,1,4,20H2,2H3,(H-,37,38,39,40,41,42)/p+1. The lowest BCUT2D eigenvalue weighted by atomic mass is 10.1. The van der Waals surface area contributed by atoms with Crippen LogP contribution in [-0.2, 0) is 26.1 Å². The Kier molecular flexibility index (Phi) is 7.42. The third-order valence-electron chi connectivity index (χ3n) is 7.71. The lowest BCUT2D eigenvalue weighted by Gasteiger charge is -2.18. The molecule has 0 radical (unpaired) electrons. The number of aromatic nitrogens is 1. The van der Waals surface area contributed by atoms with E-state index >= 15 is 0 Å². The van der Waals surface area contributed by atoms with E-state index in [0.717, 1.165) is 26.2 Å². The smallest absolute Gasteiger partial charge is 0.326 e. The Hall–Kier alpha value is -4.97. The van der Waals surface area contributed by atoms with Gasteiger partial charge >= 0.3 is 20.2 Å². The number of hydrogen-bond acceptors (Lipinski definition) is 8. The monoisotopic (exact) mass is 685 g/mol. The largest absolute Gasteiger partial charge is 0.456 e. The van der Waals surface area contributed by atoms with Gasteiger partial charge in [-0.1, -0.05) is 66.5 Å². The fourth-order valence-corrected chi connectivity index (χ4v) is 8.18. The minimum Gasteiger partial charge on any atom is -0.456 e. The van der Waals surface area contributed by atoms with Crippen LogP contribution < -0.4 is 14.2 Å². The number of rotatable bonds is 7. The van der Waals surface area contributed by atoms with Crippen molar-refractivity contribution in [3.63, 3.8) is 0 Å². The third kappa shape index (κ3) is 5.56. The summed E-state index contributed by atoms with van der Waals surface area (Å²) in [6.07, 6.45) is 3.75. The fraction of sp³-hybridized carbons (Fsp3) is 0.0882. The molecular formula is C34H25N2O8S3+. The average Bonchev–Trinajstić information content (AvgIpc) is 3.67. The second kappa shape index (κ2) is 11.4. The molecule has 0 bridgehead atoms. The normalized spacial score (nSPS) is 14.6. The van der Waals surface area contributed by atoms with Gasteiger partial charge in [-0.2, -0.15) is 21.4 Å². The van der Waals surface area contributed by atoms with Gasteiger partial charge in [-0.3, -0.25) is 14.0 Å². The highest BCUT2D eigenvalue weighted by atomic mass is 32.2. The van der Waals surface area contributed by atoms with E-state index in [2.05, 4.69) is 18.0 Å². The Morgan fingerprint density at radius 2 is 1.72 bits per heavy atom. The number of ether oxygens (including phenoxy) is 1. The molecule has 1 aliphatic heterocycles. The maximum atomic E-state index is 12.6. The van der Waals surface area contributed by atoms with Crippen LogP contribution in [0.5, 0.6) is 5.75 Å². The Balaban J connectivity index is 1.44. The van der Waals surface area contributed by atoms with E-state index in [-0.39, 0.29) is 11.6 Å². The van der Waals surface area contributed by atoms with Crippen LogP contribution in [0, 0.1) is 0 Å². The van der Waals surface area contributed by atoms with Crippen molar-refractivity contribution in [3.8, 4) is 5.75 Å². The first kappa shape index (κ1) is 30.7. The Morgan fingerprint density at radius 3 is 2.45 bits per heavy atom. The van der Waals surface area contributed by atoms with E-state index in [4.69, 9.17) is 9.15 Å². The van der Waals surface area contributed by atoms with Crippen molar-refractivity contribution >= 4 is 86.3 Å². The molecule has 0 fully saturated rings. The summed E-state index contributed by atoms with van der Waals surface area (Å²) in [7, 11) is -9.31. The molecule has 1 aliphatic rings. The molecular weight excluding hydrogens is 661 g/mol. The Labute approximate surface area is 273 Å². The summed E-state index contributed by atoms with van der Waals surface area (Å²) >= 11 is 1.33. The molecule has 0 unspecified atom stereocenters. The van der Waals surface area contributed by atoms with Crippen LogP contribution in [0.25, 0.3) is 49.0 Å². The SMILES string of the molecule is C=C=C=C(N1C(=CC(=Cc2sc3ccc4ccccc4c3[n+]2CS(=O)(=O)O)CC)Oc2cc3c(cc21)oc1ccccc13)S(=O)(=O)O. The first-order valence-corrected chi connectivity index (χ1v) is 18.1. The van der Waals surface area contributed by atoms with Gasteiger partial charge < -0.3 is 9.15 Å². The molecule has 10 nitrogen and oxygen atoms in total. The molecule has 47 heavy (non-hydrogen) atoms. The molecule has 0 atom stereocenters. The highest BCUT2D eigenvalue weighted by molar-refractivity contribution is 7.90. The number of hydrogen-bond donors (Lipinski definition) is 2. The number of benzene rings is 4. The minimum atomic E-state index is -4.87. The van der Waals surface area contributed by atoms with Gasteiger partial charge in [0.1, 0.15) is 15.9 Å². The van der Waals surface area contributed by atoms with Gasteiger partial charge in [0.15, 0.2) is 5.75 Å². The van der Waals surface area contributed by atoms with E-state index in [1.807, 2.05) is 67.6 Å². The summed E-state index contributed by atoms with van der Waals surface area (Å²) in [4.78, 5) is 1.18. The second-order valence-electron chi connectivity index (χ2n) is 10.7. The van der Waals surface area contributed by atoms with Gasteiger partial charge in [0.2, 0.25) is 16.4 Å². The topological polar surface area (TPSA) is 138 Å². The molecule has 236 valence electrons. The van der Waals surface area contributed by atoms with Crippen LogP contribution in [0.15, 0.2) is 118 Å². The molecule has 4 aromatic carbocycles. The van der Waals surface area contributed by atoms with Crippen molar-refractivity contribution in [2.45, 2.75) is 19.2 Å². The van der Waals surface area contributed by atoms with Gasteiger partial charge in [-0.25, -0.2) is 0 Å². The van der Waals surface area contributed by atoms with E-state index in [0.29, 0.717) is 39.4 Å². The van der Waals surface area contributed by atoms with Gasteiger partial charge in [-0.15, -0.1) is 0 Å². The van der Waals surface area contributed by atoms with Crippen molar-refractivity contribution in [1.29, 1.82) is 0 Å². The molecule has 7 rings (SSSR count). The quantitative estimate of drug-likeness (QED) is 0.101. The molecule has 0 saturated heterocycles. The number of fused-ring (bicyclic) bond motifs is 7. The lowest BCUT2D eigenvalue weighted by Crippen LogP contribution is -2.39. The van der Waals surface area contributed by atoms with Gasteiger partial charge in [0.05, 0.1) is 11.1 Å². The predicted molar refractivity (Wildman–Crippen MR) is 182 cm³/mol. The number of nitrogens with zero attached hydrogens (tertiary/aromatic N) is 2. The zero-order valence-corrected chi connectivity index (χ0v) is 27.1. The Bertz CT molecular complexity index is 2670. The minimum absolute atomic E-state index is 0.0216. The fourth-order valence-electron chi connectivity index (χ4n) is 5.72. The van der Waals surface area contributed by atoms with E-state index in [9.17, 15) is 25.9 Å². The molecule has 3 heterocycles. The molecule has 0 amide bonds. The third-order valence-corrected chi connectivity index (χ3v) is 10.2. The molecule has 13 heteroatoms. The highest BCUT2D eigenvalue weighted by Gasteiger charge is 2.36. The van der Waals surface area contributed by atoms with Crippen molar-refractivity contribution < 1.29 is 39.7 Å². The Morgan fingerprint density at radius 1 is 0.979 bits per heavy atom. The summed E-state index contributed by atoms with van der Waals surface area (Å²) in [6.45, 7) is 5.31. The molecule has 2 aromatic heterocycles. The van der Waals surface area contributed by atoms with E-state index in [1.165, 1.54) is 20.8 Å². The lowest BCUT2D eigenvalue weighted by molar-refractivity contribution is -0.648. The zero-order chi connectivity index (χ0) is 33.1. The second-order valence-corrected chi connectivity index (χ2v) is 14.5. The summed E-state index contributed by atoms with van der Waals surface area (Å²) in [6, 6.07) is 22.2. The van der Waals surface area contributed by atoms with E-state index in [1.54, 1.807) is 24.3 Å². The molecule has 0 spiro atoms. The summed E-state index contributed by atoms with van der Waals surface area (Å²) in [5, 5.41) is 3.15. The summed E-state index contributed by atoms with van der Waals surface area (Å²) in [5.41, 5.74) is 7.33. The van der Waals surface area contributed by atoms with Crippen molar-refractivity contribution in [2.75, 3.05) is 4.90 Å². The number of anilines is 1. The van der Waals surface area contributed by atoms with Crippen molar-refractivity contribution in [1.82, 2.24) is 0 Å². The van der Waals surface area contributed by atoms with Crippen LogP contribution in [-0.4, -0.2) is 25.9 Å². The van der Waals surface area contributed by atoms with Crippen molar-refractivity contribution in [3.05, 3.63) is 118 Å². The van der Waals surface area contributed by atoms with E-state index < -0.39 is 31.1 Å². The van der Waals surface area contributed by atoms with Crippen LogP contribution in [0.4, 0.5) is 5.69 Å². The van der Waals surface area contributed by atoms with Gasteiger partial charge in [0, 0.05) is 29.0 Å². The molecule has 6 aromatic rings. The number of thiazole rings is 1. The predicted octanol–water partition coefficient (Wildman–Crippen LogP) is 7.29.